The molecule has 158 valence electrons. The van der Waals surface area contributed by atoms with Gasteiger partial charge in [0.1, 0.15) is 17.7 Å². The highest BCUT2D eigenvalue weighted by molar-refractivity contribution is 6.01. The SMILES string of the molecule is O=C(NC(c1ccccc1)c1ccc2c(c1)CCO2)C1CCC(C(F)(F)F)NC1=O. The van der Waals surface area contributed by atoms with Crippen molar-refractivity contribution < 1.29 is 27.5 Å². The molecule has 2 aliphatic rings. The predicted octanol–water partition coefficient (Wildman–Crippen LogP) is 3.28. The van der Waals surface area contributed by atoms with E-state index >= 15 is 0 Å². The molecule has 2 N–H and O–H groups in total. The van der Waals surface area contributed by atoms with Gasteiger partial charge >= 0.3 is 6.18 Å². The van der Waals surface area contributed by atoms with E-state index < -0.39 is 36.0 Å². The number of hydrogen-bond acceptors (Lipinski definition) is 3. The summed E-state index contributed by atoms with van der Waals surface area (Å²) in [5, 5.41) is 4.81. The summed E-state index contributed by atoms with van der Waals surface area (Å²) in [7, 11) is 0. The van der Waals surface area contributed by atoms with Gasteiger partial charge in [-0.05, 0) is 41.7 Å². The lowest BCUT2D eigenvalue weighted by Crippen LogP contribution is -2.54. The highest BCUT2D eigenvalue weighted by atomic mass is 19.4. The second-order valence-electron chi connectivity index (χ2n) is 7.55. The first-order valence-electron chi connectivity index (χ1n) is 9.81. The molecule has 0 spiro atoms. The number of carbonyl (C=O) groups excluding carboxylic acids is 2. The van der Waals surface area contributed by atoms with Crippen LogP contribution in [0.4, 0.5) is 13.2 Å². The van der Waals surface area contributed by atoms with Gasteiger partial charge in [-0.25, -0.2) is 0 Å². The van der Waals surface area contributed by atoms with Crippen molar-refractivity contribution in [3.05, 3.63) is 65.2 Å². The largest absolute Gasteiger partial charge is 0.493 e. The summed E-state index contributed by atoms with van der Waals surface area (Å²) >= 11 is 0. The molecular formula is C22H21F3N2O3. The average Bonchev–Trinajstić information content (AvgIpc) is 3.19. The van der Waals surface area contributed by atoms with E-state index in [2.05, 4.69) is 5.32 Å². The number of halogens is 3. The van der Waals surface area contributed by atoms with Crippen LogP contribution in [0.25, 0.3) is 0 Å². The molecule has 2 aromatic rings. The number of rotatable bonds is 4. The average molecular weight is 418 g/mol. The van der Waals surface area contributed by atoms with Gasteiger partial charge in [-0.1, -0.05) is 36.4 Å². The summed E-state index contributed by atoms with van der Waals surface area (Å²) in [6.07, 6.45) is -4.22. The highest BCUT2D eigenvalue weighted by Gasteiger charge is 2.46. The Hall–Kier alpha value is -3.03. The molecule has 30 heavy (non-hydrogen) atoms. The van der Waals surface area contributed by atoms with Crippen LogP contribution in [0.5, 0.6) is 5.75 Å². The second-order valence-corrected chi connectivity index (χ2v) is 7.55. The van der Waals surface area contributed by atoms with Gasteiger partial charge in [0.2, 0.25) is 11.8 Å². The minimum atomic E-state index is -4.52. The third-order valence-corrected chi connectivity index (χ3v) is 5.55. The van der Waals surface area contributed by atoms with Crippen LogP contribution in [0.15, 0.2) is 48.5 Å². The van der Waals surface area contributed by atoms with Crippen LogP contribution in [0, 0.1) is 5.92 Å². The number of benzene rings is 2. The normalized spacial score (nSPS) is 21.9. The number of amides is 2. The summed E-state index contributed by atoms with van der Waals surface area (Å²) in [5.41, 5.74) is 2.67. The lowest BCUT2D eigenvalue weighted by Gasteiger charge is -2.31. The molecule has 2 heterocycles. The van der Waals surface area contributed by atoms with E-state index in [0.717, 1.165) is 28.9 Å². The van der Waals surface area contributed by atoms with Crippen molar-refractivity contribution in [1.82, 2.24) is 10.6 Å². The van der Waals surface area contributed by atoms with Gasteiger partial charge in [0.25, 0.3) is 0 Å². The Morgan fingerprint density at radius 3 is 2.57 bits per heavy atom. The molecule has 2 aromatic carbocycles. The molecule has 0 saturated carbocycles. The Morgan fingerprint density at radius 1 is 1.10 bits per heavy atom. The fourth-order valence-electron chi connectivity index (χ4n) is 3.94. The van der Waals surface area contributed by atoms with Gasteiger partial charge in [0, 0.05) is 6.42 Å². The number of piperidine rings is 1. The number of ether oxygens (including phenoxy) is 1. The van der Waals surface area contributed by atoms with Crippen LogP contribution in [-0.2, 0) is 16.0 Å². The third-order valence-electron chi connectivity index (χ3n) is 5.55. The fourth-order valence-corrected chi connectivity index (χ4v) is 3.94. The minimum Gasteiger partial charge on any atom is -0.493 e. The fraction of sp³-hybridized carbons (Fsp3) is 0.364. The zero-order chi connectivity index (χ0) is 21.3. The van der Waals surface area contributed by atoms with Crippen molar-refractivity contribution in [2.24, 2.45) is 5.92 Å². The van der Waals surface area contributed by atoms with E-state index in [0.29, 0.717) is 6.61 Å². The standard InChI is InChI=1S/C22H21F3N2O3/c23-22(24,25)18-9-7-16(20(28)26-18)21(29)27-19(13-4-2-1-3-5-13)15-6-8-17-14(12-15)10-11-30-17/h1-6,8,12,16,18-19H,7,9-11H2,(H,26,28)(H,27,29). The molecule has 1 fully saturated rings. The molecule has 0 bridgehead atoms. The van der Waals surface area contributed by atoms with E-state index in [4.69, 9.17) is 4.74 Å². The Kier molecular flexibility index (Phi) is 5.40. The van der Waals surface area contributed by atoms with E-state index in [1.807, 2.05) is 53.8 Å². The highest BCUT2D eigenvalue weighted by Crippen LogP contribution is 2.32. The summed E-state index contributed by atoms with van der Waals surface area (Å²) in [4.78, 5) is 25.1. The van der Waals surface area contributed by atoms with Crippen molar-refractivity contribution in [1.29, 1.82) is 0 Å². The molecule has 2 amide bonds. The number of hydrogen-bond donors (Lipinski definition) is 2. The molecule has 3 atom stereocenters. The van der Waals surface area contributed by atoms with Gasteiger partial charge in [0.15, 0.2) is 0 Å². The Labute approximate surface area is 171 Å². The van der Waals surface area contributed by atoms with Gasteiger partial charge in [-0.15, -0.1) is 0 Å². The second kappa shape index (κ2) is 8.01. The Morgan fingerprint density at radius 2 is 1.87 bits per heavy atom. The molecule has 4 rings (SSSR count). The molecule has 5 nitrogen and oxygen atoms in total. The van der Waals surface area contributed by atoms with Gasteiger partial charge in [-0.3, -0.25) is 9.59 Å². The first-order valence-corrected chi connectivity index (χ1v) is 9.81. The molecule has 0 aliphatic carbocycles. The lowest BCUT2D eigenvalue weighted by atomic mass is 9.91. The van der Waals surface area contributed by atoms with E-state index in [1.165, 1.54) is 0 Å². The molecule has 0 aromatic heterocycles. The van der Waals surface area contributed by atoms with Crippen LogP contribution in [-0.4, -0.2) is 30.6 Å². The molecule has 8 heteroatoms. The zero-order valence-electron chi connectivity index (χ0n) is 16.0. The molecule has 1 saturated heterocycles. The van der Waals surface area contributed by atoms with Crippen LogP contribution in [0.3, 0.4) is 0 Å². The molecule has 0 radical (unpaired) electrons. The Balaban J connectivity index is 1.55. The lowest BCUT2D eigenvalue weighted by molar-refractivity contribution is -0.171. The van der Waals surface area contributed by atoms with E-state index in [-0.39, 0.29) is 12.8 Å². The maximum absolute atomic E-state index is 12.9. The molecular weight excluding hydrogens is 397 g/mol. The summed E-state index contributed by atoms with van der Waals surface area (Å²) in [6.45, 7) is 0.601. The molecule has 3 unspecified atom stereocenters. The van der Waals surface area contributed by atoms with E-state index in [1.54, 1.807) is 0 Å². The minimum absolute atomic E-state index is 0.151. The van der Waals surface area contributed by atoms with Crippen LogP contribution < -0.4 is 15.4 Å². The quantitative estimate of drug-likeness (QED) is 0.749. The van der Waals surface area contributed by atoms with Crippen molar-refractivity contribution in [2.75, 3.05) is 6.61 Å². The van der Waals surface area contributed by atoms with Gasteiger partial charge < -0.3 is 15.4 Å². The Bertz CT molecular complexity index is 946. The first kappa shape index (κ1) is 20.3. The van der Waals surface area contributed by atoms with Crippen molar-refractivity contribution in [2.45, 2.75) is 37.5 Å². The maximum Gasteiger partial charge on any atom is 0.408 e. The summed E-state index contributed by atoms with van der Waals surface area (Å²) < 4.78 is 44.2. The summed E-state index contributed by atoms with van der Waals surface area (Å²) in [5.74, 6) is -1.83. The third kappa shape index (κ3) is 4.13. The van der Waals surface area contributed by atoms with Crippen LogP contribution in [0.1, 0.15) is 35.6 Å². The van der Waals surface area contributed by atoms with Crippen molar-refractivity contribution >= 4 is 11.8 Å². The number of carbonyl (C=O) groups is 2. The van der Waals surface area contributed by atoms with Crippen molar-refractivity contribution in [3.8, 4) is 5.75 Å². The van der Waals surface area contributed by atoms with Gasteiger partial charge in [-0.2, -0.15) is 13.2 Å². The number of alkyl halides is 3. The monoisotopic (exact) mass is 418 g/mol. The topological polar surface area (TPSA) is 67.4 Å². The number of nitrogens with one attached hydrogen (secondary N) is 2. The van der Waals surface area contributed by atoms with Crippen molar-refractivity contribution in [3.63, 3.8) is 0 Å². The van der Waals surface area contributed by atoms with Crippen LogP contribution in [0.2, 0.25) is 0 Å². The summed E-state index contributed by atoms with van der Waals surface area (Å²) in [6, 6.07) is 12.5. The molecule has 2 aliphatic heterocycles. The van der Waals surface area contributed by atoms with Gasteiger partial charge in [0.05, 0.1) is 12.6 Å². The van der Waals surface area contributed by atoms with E-state index in [9.17, 15) is 22.8 Å². The zero-order valence-corrected chi connectivity index (χ0v) is 16.0. The first-order chi connectivity index (χ1) is 14.3. The van der Waals surface area contributed by atoms with Crippen LogP contribution >= 0.6 is 0 Å². The predicted molar refractivity (Wildman–Crippen MR) is 103 cm³/mol. The maximum atomic E-state index is 12.9. The smallest absolute Gasteiger partial charge is 0.408 e. The number of fused-ring (bicyclic) bond motifs is 1.